The van der Waals surface area contributed by atoms with Crippen LogP contribution in [0.1, 0.15) is 29.3 Å². The minimum absolute atomic E-state index is 0.0521. The van der Waals surface area contributed by atoms with Gasteiger partial charge >= 0.3 is 0 Å². The average molecular weight is 437 g/mol. The van der Waals surface area contributed by atoms with Gasteiger partial charge in [-0.15, -0.1) is 0 Å². The molecule has 0 bridgehead atoms. The van der Waals surface area contributed by atoms with Crippen LogP contribution in [0.4, 0.5) is 0 Å². The number of ether oxygens (including phenoxy) is 4. The molecule has 0 fully saturated rings. The molecule has 0 saturated carbocycles. The Labute approximate surface area is 183 Å². The van der Waals surface area contributed by atoms with Crippen molar-refractivity contribution < 1.29 is 23.7 Å². The van der Waals surface area contributed by atoms with E-state index in [9.17, 15) is 9.59 Å². The number of hydrogen-bond donors (Lipinski definition) is 1. The Morgan fingerprint density at radius 1 is 1.09 bits per heavy atom. The van der Waals surface area contributed by atoms with Gasteiger partial charge in [-0.05, 0) is 37.7 Å². The molecule has 2 aliphatic rings. The number of rotatable bonds is 7. The van der Waals surface area contributed by atoms with Gasteiger partial charge in [0.15, 0.2) is 23.0 Å². The number of pyridine rings is 2. The summed E-state index contributed by atoms with van der Waals surface area (Å²) in [6, 6.07) is 4.96. The van der Waals surface area contributed by atoms with Crippen LogP contribution in [0.3, 0.4) is 0 Å². The van der Waals surface area contributed by atoms with Gasteiger partial charge < -0.3 is 28.8 Å². The minimum atomic E-state index is -0.212. The van der Waals surface area contributed by atoms with Crippen molar-refractivity contribution in [2.75, 3.05) is 34.1 Å². The highest BCUT2D eigenvalue weighted by Crippen LogP contribution is 2.44. The number of fused-ring (bicyclic) bond motifs is 6. The molecule has 0 spiro atoms. The molecular weight excluding hydrogens is 414 g/mol. The number of hydrogen-bond acceptors (Lipinski definition) is 8. The molecule has 3 aromatic rings. The molecule has 0 saturated heterocycles. The Kier molecular flexibility index (Phi) is 4.97. The standard InChI is InChI=1S/C23H23N3O6/c1-4-24-6-5-7-26-20-18(12-8-15(29-2)16(30-3)9-13(12)23(26)28)21(27)14-10-17-22(25-19(14)20)32-11-31-17/h8-10,24H,4-7,11H2,1-3H3. The van der Waals surface area contributed by atoms with Crippen LogP contribution in [0.2, 0.25) is 0 Å². The van der Waals surface area contributed by atoms with Gasteiger partial charge in [0, 0.05) is 11.9 Å². The van der Waals surface area contributed by atoms with E-state index in [1.165, 1.54) is 14.2 Å². The zero-order valence-corrected chi connectivity index (χ0v) is 18.1. The van der Waals surface area contributed by atoms with Crippen molar-refractivity contribution in [3.8, 4) is 34.5 Å². The summed E-state index contributed by atoms with van der Waals surface area (Å²) in [5.74, 6) is 1.41. The van der Waals surface area contributed by atoms with Crippen LogP contribution in [0.15, 0.2) is 23.0 Å². The smallest absolute Gasteiger partial charge is 0.260 e. The van der Waals surface area contributed by atoms with Crippen LogP contribution < -0.4 is 29.8 Å². The summed E-state index contributed by atoms with van der Waals surface area (Å²) in [4.78, 5) is 31.7. The maximum atomic E-state index is 13.6. The quantitative estimate of drug-likeness (QED) is 0.440. The molecule has 32 heavy (non-hydrogen) atoms. The first-order chi connectivity index (χ1) is 15.6. The number of nitrogens with zero attached hydrogens (tertiary/aromatic N) is 2. The van der Waals surface area contributed by atoms with Gasteiger partial charge in [0.05, 0.1) is 36.4 Å². The molecule has 3 heterocycles. The van der Waals surface area contributed by atoms with E-state index in [1.807, 2.05) is 6.92 Å². The number of ketones is 1. The van der Waals surface area contributed by atoms with Crippen molar-refractivity contribution in [3.05, 3.63) is 39.7 Å². The van der Waals surface area contributed by atoms with Gasteiger partial charge in [-0.2, -0.15) is 0 Å². The normalized spacial score (nSPS) is 13.4. The minimum Gasteiger partial charge on any atom is -0.493 e. The van der Waals surface area contributed by atoms with Gasteiger partial charge in [-0.25, -0.2) is 4.98 Å². The summed E-state index contributed by atoms with van der Waals surface area (Å²) < 4.78 is 23.3. The summed E-state index contributed by atoms with van der Waals surface area (Å²) in [7, 11) is 3.03. The first-order valence-electron chi connectivity index (χ1n) is 10.5. The Hall–Kier alpha value is -3.59. The van der Waals surface area contributed by atoms with Crippen molar-refractivity contribution in [2.45, 2.75) is 19.9 Å². The average Bonchev–Trinajstić information content (AvgIpc) is 3.38. The molecule has 5 rings (SSSR count). The lowest BCUT2D eigenvalue weighted by Gasteiger charge is -2.16. The largest absolute Gasteiger partial charge is 0.493 e. The highest BCUT2D eigenvalue weighted by atomic mass is 16.7. The van der Waals surface area contributed by atoms with Crippen LogP contribution in [0.5, 0.6) is 23.1 Å². The molecule has 0 amide bonds. The molecule has 2 aromatic heterocycles. The summed E-state index contributed by atoms with van der Waals surface area (Å²) in [5, 5.41) is 4.17. The second-order valence-corrected chi connectivity index (χ2v) is 7.56. The Bertz CT molecular complexity index is 1310. The highest BCUT2D eigenvalue weighted by molar-refractivity contribution is 6.26. The van der Waals surface area contributed by atoms with Crippen LogP contribution >= 0.6 is 0 Å². The zero-order valence-electron chi connectivity index (χ0n) is 18.1. The molecule has 0 radical (unpaired) electrons. The number of nitrogens with one attached hydrogen (secondary N) is 1. The molecule has 1 aliphatic heterocycles. The monoisotopic (exact) mass is 437 g/mol. The fourth-order valence-electron chi connectivity index (χ4n) is 4.32. The van der Waals surface area contributed by atoms with Crippen LogP contribution in [-0.4, -0.2) is 49.4 Å². The SMILES string of the molecule is CCNCCCn1c2c(c3cc(OC)c(OC)cc3c1=O)C(=O)c1cc3c(nc1-2)OCO3. The fourth-order valence-corrected chi connectivity index (χ4v) is 4.32. The summed E-state index contributed by atoms with van der Waals surface area (Å²) >= 11 is 0. The topological polar surface area (TPSA) is 101 Å². The number of benzene rings is 1. The molecular formula is C23H23N3O6. The third-order valence-electron chi connectivity index (χ3n) is 5.82. The van der Waals surface area contributed by atoms with Crippen LogP contribution in [0, 0.1) is 0 Å². The van der Waals surface area contributed by atoms with Gasteiger partial charge in [0.1, 0.15) is 5.69 Å². The van der Waals surface area contributed by atoms with E-state index in [0.29, 0.717) is 69.4 Å². The highest BCUT2D eigenvalue weighted by Gasteiger charge is 2.37. The summed E-state index contributed by atoms with van der Waals surface area (Å²) in [6.45, 7) is 4.10. The van der Waals surface area contributed by atoms with Gasteiger partial charge in [-0.1, -0.05) is 6.92 Å². The van der Waals surface area contributed by atoms with Gasteiger partial charge in [0.25, 0.3) is 11.4 Å². The van der Waals surface area contributed by atoms with E-state index in [0.717, 1.165) is 13.1 Å². The van der Waals surface area contributed by atoms with Crippen molar-refractivity contribution in [3.63, 3.8) is 0 Å². The zero-order chi connectivity index (χ0) is 22.4. The second-order valence-electron chi connectivity index (χ2n) is 7.56. The predicted molar refractivity (Wildman–Crippen MR) is 117 cm³/mol. The lowest BCUT2D eigenvalue weighted by Crippen LogP contribution is -2.26. The number of carbonyl (C=O) groups excluding carboxylic acids is 1. The summed E-state index contributed by atoms with van der Waals surface area (Å²) in [5.41, 5.74) is 1.55. The van der Waals surface area contributed by atoms with Crippen molar-refractivity contribution in [2.24, 2.45) is 0 Å². The van der Waals surface area contributed by atoms with Crippen molar-refractivity contribution in [1.29, 1.82) is 0 Å². The molecule has 1 aliphatic carbocycles. The third kappa shape index (κ3) is 2.92. The summed E-state index contributed by atoms with van der Waals surface area (Å²) in [6.07, 6.45) is 0.715. The van der Waals surface area contributed by atoms with Crippen molar-refractivity contribution in [1.82, 2.24) is 14.9 Å². The van der Waals surface area contributed by atoms with E-state index in [-0.39, 0.29) is 18.1 Å². The van der Waals surface area contributed by atoms with E-state index in [2.05, 4.69) is 10.3 Å². The van der Waals surface area contributed by atoms with Gasteiger partial charge in [-0.3, -0.25) is 9.59 Å². The van der Waals surface area contributed by atoms with E-state index in [1.54, 1.807) is 22.8 Å². The number of methoxy groups -OCH3 is 2. The van der Waals surface area contributed by atoms with E-state index in [4.69, 9.17) is 18.9 Å². The number of carbonyl (C=O) groups is 1. The molecule has 1 N–H and O–H groups in total. The third-order valence-corrected chi connectivity index (χ3v) is 5.82. The molecule has 9 heteroatoms. The molecule has 166 valence electrons. The first-order valence-corrected chi connectivity index (χ1v) is 10.5. The van der Waals surface area contributed by atoms with Gasteiger partial charge in [0.2, 0.25) is 6.79 Å². The fraction of sp³-hybridized carbons (Fsp3) is 0.348. The van der Waals surface area contributed by atoms with Crippen LogP contribution in [-0.2, 0) is 6.54 Å². The predicted octanol–water partition coefficient (Wildman–Crippen LogP) is 2.35. The van der Waals surface area contributed by atoms with Crippen molar-refractivity contribution >= 4 is 16.6 Å². The molecule has 1 aromatic carbocycles. The Balaban J connectivity index is 1.80. The van der Waals surface area contributed by atoms with Crippen LogP contribution in [0.25, 0.3) is 22.2 Å². The molecule has 0 atom stereocenters. The van der Waals surface area contributed by atoms with E-state index < -0.39 is 0 Å². The number of aromatic nitrogens is 2. The molecule has 9 nitrogen and oxygen atoms in total. The lowest BCUT2D eigenvalue weighted by atomic mass is 10.0. The molecule has 0 unspecified atom stereocenters. The Morgan fingerprint density at radius 2 is 1.84 bits per heavy atom. The maximum absolute atomic E-state index is 13.6. The van der Waals surface area contributed by atoms with E-state index >= 15 is 0 Å². The first kappa shape index (κ1) is 20.3. The Morgan fingerprint density at radius 3 is 2.56 bits per heavy atom. The second kappa shape index (κ2) is 7.83. The lowest BCUT2D eigenvalue weighted by molar-refractivity contribution is 0.104. The maximum Gasteiger partial charge on any atom is 0.260 e.